The average molecular weight is 182 g/mol. The van der Waals surface area contributed by atoms with E-state index < -0.39 is 0 Å². The Balaban J connectivity index is 2.56. The van der Waals surface area contributed by atoms with Crippen LogP contribution in [0.25, 0.3) is 0 Å². The zero-order valence-corrected chi connectivity index (χ0v) is 7.66. The van der Waals surface area contributed by atoms with Crippen molar-refractivity contribution in [3.05, 3.63) is 23.8 Å². The van der Waals surface area contributed by atoms with E-state index in [2.05, 4.69) is 0 Å². The molecule has 0 spiro atoms. The first-order chi connectivity index (χ1) is 6.22. The molecule has 0 aliphatic carbocycles. The molecule has 1 aromatic carbocycles. The van der Waals surface area contributed by atoms with Crippen LogP contribution in [0.5, 0.6) is 11.5 Å². The Bertz CT molecular complexity index is 251. The molecule has 3 nitrogen and oxygen atoms in total. The Morgan fingerprint density at radius 2 is 1.77 bits per heavy atom. The number of phenolic OH excluding ortho intramolecular Hbond substituents is 2. The van der Waals surface area contributed by atoms with Gasteiger partial charge in [0, 0.05) is 19.8 Å². The predicted octanol–water partition coefficient (Wildman–Crippen LogP) is 1.68. The molecule has 0 atom stereocenters. The highest BCUT2D eigenvalue weighted by molar-refractivity contribution is 5.36. The van der Waals surface area contributed by atoms with Gasteiger partial charge in [-0.1, -0.05) is 0 Å². The third-order valence-corrected chi connectivity index (χ3v) is 1.78. The number of benzene rings is 1. The van der Waals surface area contributed by atoms with E-state index in [1.165, 1.54) is 6.07 Å². The summed E-state index contributed by atoms with van der Waals surface area (Å²) in [6.45, 7) is 0.691. The van der Waals surface area contributed by atoms with Crippen molar-refractivity contribution in [3.8, 4) is 11.5 Å². The SMILES string of the molecule is COCCCc1cc(O)cc(O)c1. The summed E-state index contributed by atoms with van der Waals surface area (Å²) in [5.41, 5.74) is 0.926. The van der Waals surface area contributed by atoms with Crippen LogP contribution in [0, 0.1) is 0 Å². The van der Waals surface area contributed by atoms with Crippen LogP contribution in [0.2, 0.25) is 0 Å². The van der Waals surface area contributed by atoms with Gasteiger partial charge in [0.15, 0.2) is 0 Å². The molecule has 72 valence electrons. The van der Waals surface area contributed by atoms with E-state index in [1.807, 2.05) is 0 Å². The van der Waals surface area contributed by atoms with Gasteiger partial charge in [-0.2, -0.15) is 0 Å². The van der Waals surface area contributed by atoms with Crippen LogP contribution >= 0.6 is 0 Å². The van der Waals surface area contributed by atoms with Gasteiger partial charge in [0.2, 0.25) is 0 Å². The molecule has 0 unspecified atom stereocenters. The minimum Gasteiger partial charge on any atom is -0.508 e. The fraction of sp³-hybridized carbons (Fsp3) is 0.400. The van der Waals surface area contributed by atoms with E-state index in [0.29, 0.717) is 6.61 Å². The van der Waals surface area contributed by atoms with Gasteiger partial charge >= 0.3 is 0 Å². The standard InChI is InChI=1S/C10H14O3/c1-13-4-2-3-8-5-9(11)7-10(12)6-8/h5-7,11-12H,2-4H2,1H3. The van der Waals surface area contributed by atoms with Gasteiger partial charge in [0.1, 0.15) is 11.5 Å². The van der Waals surface area contributed by atoms with Crippen molar-refractivity contribution in [2.45, 2.75) is 12.8 Å². The molecule has 0 saturated carbocycles. The van der Waals surface area contributed by atoms with Gasteiger partial charge in [-0.15, -0.1) is 0 Å². The Morgan fingerprint density at radius 3 is 2.31 bits per heavy atom. The Kier molecular flexibility index (Phi) is 3.58. The monoisotopic (exact) mass is 182 g/mol. The van der Waals surface area contributed by atoms with Gasteiger partial charge in [0.25, 0.3) is 0 Å². The van der Waals surface area contributed by atoms with Gasteiger partial charge in [0.05, 0.1) is 0 Å². The summed E-state index contributed by atoms with van der Waals surface area (Å²) in [6.07, 6.45) is 1.69. The minimum absolute atomic E-state index is 0.104. The fourth-order valence-electron chi connectivity index (χ4n) is 1.22. The van der Waals surface area contributed by atoms with Crippen LogP contribution in [-0.4, -0.2) is 23.9 Å². The summed E-state index contributed by atoms with van der Waals surface area (Å²) in [6, 6.07) is 4.62. The largest absolute Gasteiger partial charge is 0.508 e. The number of rotatable bonds is 4. The van der Waals surface area contributed by atoms with Crippen LogP contribution < -0.4 is 0 Å². The van der Waals surface area contributed by atoms with Gasteiger partial charge in [-0.3, -0.25) is 0 Å². The molecule has 1 aromatic rings. The zero-order valence-electron chi connectivity index (χ0n) is 7.66. The van der Waals surface area contributed by atoms with Crippen molar-refractivity contribution >= 4 is 0 Å². The van der Waals surface area contributed by atoms with Crippen LogP contribution in [0.3, 0.4) is 0 Å². The summed E-state index contributed by atoms with van der Waals surface area (Å²) in [5.74, 6) is 0.208. The third-order valence-electron chi connectivity index (χ3n) is 1.78. The molecule has 0 bridgehead atoms. The molecule has 2 N–H and O–H groups in total. The van der Waals surface area contributed by atoms with Gasteiger partial charge < -0.3 is 14.9 Å². The number of methoxy groups -OCH3 is 1. The maximum atomic E-state index is 9.16. The van der Waals surface area contributed by atoms with Gasteiger partial charge in [-0.05, 0) is 30.5 Å². The van der Waals surface area contributed by atoms with E-state index in [-0.39, 0.29) is 11.5 Å². The normalized spacial score (nSPS) is 10.2. The van der Waals surface area contributed by atoms with E-state index >= 15 is 0 Å². The molecule has 0 fully saturated rings. The van der Waals surface area contributed by atoms with Gasteiger partial charge in [-0.25, -0.2) is 0 Å². The lowest BCUT2D eigenvalue weighted by atomic mass is 10.1. The molecule has 0 aliphatic rings. The van der Waals surface area contributed by atoms with Crippen LogP contribution in [0.4, 0.5) is 0 Å². The number of ether oxygens (including phenoxy) is 1. The molecule has 13 heavy (non-hydrogen) atoms. The molecule has 0 saturated heterocycles. The first kappa shape index (κ1) is 9.86. The minimum atomic E-state index is 0.104. The second-order valence-corrected chi connectivity index (χ2v) is 2.95. The molecule has 0 radical (unpaired) electrons. The maximum Gasteiger partial charge on any atom is 0.119 e. The summed E-state index contributed by atoms with van der Waals surface area (Å²) in [5, 5.41) is 18.3. The molecule has 1 rings (SSSR count). The molecule has 0 aliphatic heterocycles. The van der Waals surface area contributed by atoms with E-state index in [9.17, 15) is 0 Å². The maximum absolute atomic E-state index is 9.16. The summed E-state index contributed by atoms with van der Waals surface area (Å²) in [7, 11) is 1.65. The van der Waals surface area contributed by atoms with Crippen molar-refractivity contribution in [2.75, 3.05) is 13.7 Å². The number of aromatic hydroxyl groups is 2. The highest BCUT2D eigenvalue weighted by atomic mass is 16.5. The van der Waals surface area contributed by atoms with Crippen molar-refractivity contribution in [1.82, 2.24) is 0 Å². The number of hydrogen-bond acceptors (Lipinski definition) is 3. The number of aryl methyl sites for hydroxylation is 1. The topological polar surface area (TPSA) is 49.7 Å². The predicted molar refractivity (Wildman–Crippen MR) is 50.0 cm³/mol. The van der Waals surface area contributed by atoms with E-state index in [1.54, 1.807) is 19.2 Å². The Labute approximate surface area is 77.6 Å². The number of phenols is 2. The highest BCUT2D eigenvalue weighted by Crippen LogP contribution is 2.21. The highest BCUT2D eigenvalue weighted by Gasteiger charge is 1.98. The smallest absolute Gasteiger partial charge is 0.119 e. The van der Waals surface area contributed by atoms with Crippen molar-refractivity contribution in [1.29, 1.82) is 0 Å². The molecular formula is C10H14O3. The summed E-state index contributed by atoms with van der Waals surface area (Å²) in [4.78, 5) is 0. The molecular weight excluding hydrogens is 168 g/mol. The van der Waals surface area contributed by atoms with Crippen LogP contribution in [-0.2, 0) is 11.2 Å². The summed E-state index contributed by atoms with van der Waals surface area (Å²) < 4.78 is 4.90. The first-order valence-corrected chi connectivity index (χ1v) is 4.23. The lowest BCUT2D eigenvalue weighted by Gasteiger charge is -2.02. The first-order valence-electron chi connectivity index (χ1n) is 4.23. The molecule has 0 aromatic heterocycles. The molecule has 0 heterocycles. The molecule has 0 amide bonds. The van der Waals surface area contributed by atoms with Crippen LogP contribution in [0.15, 0.2) is 18.2 Å². The number of hydrogen-bond donors (Lipinski definition) is 2. The Morgan fingerprint density at radius 1 is 1.15 bits per heavy atom. The lowest BCUT2D eigenvalue weighted by Crippen LogP contribution is -1.92. The van der Waals surface area contributed by atoms with E-state index in [4.69, 9.17) is 14.9 Å². The average Bonchev–Trinajstić information content (AvgIpc) is 2.03. The van der Waals surface area contributed by atoms with Crippen molar-refractivity contribution in [3.63, 3.8) is 0 Å². The quantitative estimate of drug-likeness (QED) is 0.696. The Hall–Kier alpha value is -1.22. The van der Waals surface area contributed by atoms with Crippen molar-refractivity contribution in [2.24, 2.45) is 0 Å². The molecule has 3 heteroatoms. The lowest BCUT2D eigenvalue weighted by molar-refractivity contribution is 0.195. The second-order valence-electron chi connectivity index (χ2n) is 2.95. The zero-order chi connectivity index (χ0) is 9.68. The second kappa shape index (κ2) is 4.72. The fourth-order valence-corrected chi connectivity index (χ4v) is 1.22. The third kappa shape index (κ3) is 3.34. The van der Waals surface area contributed by atoms with Crippen molar-refractivity contribution < 1.29 is 14.9 Å². The summed E-state index contributed by atoms with van der Waals surface area (Å²) >= 11 is 0. The van der Waals surface area contributed by atoms with E-state index in [0.717, 1.165) is 18.4 Å². The van der Waals surface area contributed by atoms with Crippen LogP contribution in [0.1, 0.15) is 12.0 Å².